The maximum Gasteiger partial charge on any atom is 0.306 e. The van der Waals surface area contributed by atoms with Gasteiger partial charge in [-0.25, -0.2) is 0 Å². The maximum atomic E-state index is 12.4. The minimum atomic E-state index is -0.741. The van der Waals surface area contributed by atoms with Crippen LogP contribution in [0.2, 0.25) is 0 Å². The van der Waals surface area contributed by atoms with Crippen molar-refractivity contribution in [1.29, 1.82) is 0 Å². The van der Waals surface area contributed by atoms with Gasteiger partial charge in [-0.1, -0.05) is 20.3 Å². The first-order valence-corrected chi connectivity index (χ1v) is 6.91. The predicted octanol–water partition coefficient (Wildman–Crippen LogP) is 2.14. The zero-order valence-electron chi connectivity index (χ0n) is 11.3. The Kier molecular flexibility index (Phi) is 3.64. The van der Waals surface area contributed by atoms with Crippen molar-refractivity contribution < 1.29 is 14.7 Å². The second-order valence-electron chi connectivity index (χ2n) is 6.57. The van der Waals surface area contributed by atoms with E-state index in [-0.39, 0.29) is 23.2 Å². The maximum absolute atomic E-state index is 12.4. The lowest BCUT2D eigenvalue weighted by Gasteiger charge is -2.30. The molecule has 2 rings (SSSR count). The zero-order valence-corrected chi connectivity index (χ0v) is 11.3. The second kappa shape index (κ2) is 4.90. The van der Waals surface area contributed by atoms with Crippen molar-refractivity contribution in [2.24, 2.45) is 17.3 Å². The molecule has 0 aromatic heterocycles. The van der Waals surface area contributed by atoms with Gasteiger partial charge in [0.05, 0.1) is 5.92 Å². The van der Waals surface area contributed by atoms with Gasteiger partial charge in [0.1, 0.15) is 0 Å². The monoisotopic (exact) mass is 253 g/mol. The summed E-state index contributed by atoms with van der Waals surface area (Å²) in [6.45, 7) is 6.02. The van der Waals surface area contributed by atoms with Crippen LogP contribution in [0.3, 0.4) is 0 Å². The molecule has 1 saturated heterocycles. The van der Waals surface area contributed by atoms with E-state index in [1.54, 1.807) is 0 Å². The smallest absolute Gasteiger partial charge is 0.306 e. The van der Waals surface area contributed by atoms with Crippen molar-refractivity contribution in [3.05, 3.63) is 0 Å². The molecule has 4 heteroatoms. The Bertz CT molecular complexity index is 351. The highest BCUT2D eigenvalue weighted by Gasteiger charge is 2.37. The molecule has 1 aliphatic carbocycles. The van der Waals surface area contributed by atoms with Gasteiger partial charge in [0.2, 0.25) is 5.91 Å². The Hall–Kier alpha value is -1.06. The normalized spacial score (nSPS) is 31.3. The van der Waals surface area contributed by atoms with Gasteiger partial charge in [-0.05, 0) is 31.1 Å². The molecule has 1 N–H and O–H groups in total. The summed E-state index contributed by atoms with van der Waals surface area (Å²) in [5, 5.41) is 9.06. The largest absolute Gasteiger partial charge is 0.481 e. The highest BCUT2D eigenvalue weighted by Crippen LogP contribution is 2.34. The van der Waals surface area contributed by atoms with Crippen molar-refractivity contribution >= 4 is 11.9 Å². The van der Waals surface area contributed by atoms with Crippen LogP contribution in [-0.2, 0) is 9.59 Å². The van der Waals surface area contributed by atoms with Gasteiger partial charge >= 0.3 is 5.97 Å². The number of likely N-dealkylation sites (tertiary alicyclic amines) is 1. The minimum Gasteiger partial charge on any atom is -0.481 e. The van der Waals surface area contributed by atoms with Crippen LogP contribution in [0.1, 0.15) is 46.0 Å². The third-order valence-corrected chi connectivity index (χ3v) is 4.36. The summed E-state index contributed by atoms with van der Waals surface area (Å²) in [6.07, 6.45) is 4.04. The molecule has 0 spiro atoms. The van der Waals surface area contributed by atoms with Crippen LogP contribution < -0.4 is 0 Å². The number of carboxylic acid groups (broad SMARTS) is 1. The van der Waals surface area contributed by atoms with Gasteiger partial charge in [0.25, 0.3) is 0 Å². The highest BCUT2D eigenvalue weighted by atomic mass is 16.4. The first-order valence-electron chi connectivity index (χ1n) is 6.91. The SMILES string of the molecule is CC1(C)CCN(C(=O)C2CCCC(C(=O)O)C2)C1. The molecule has 2 fully saturated rings. The summed E-state index contributed by atoms with van der Waals surface area (Å²) in [4.78, 5) is 25.4. The Balaban J connectivity index is 1.95. The molecule has 0 aromatic carbocycles. The molecule has 0 bridgehead atoms. The summed E-state index contributed by atoms with van der Waals surface area (Å²) in [5.41, 5.74) is 0.219. The molecule has 2 atom stereocenters. The van der Waals surface area contributed by atoms with Gasteiger partial charge in [-0.3, -0.25) is 9.59 Å². The van der Waals surface area contributed by atoms with E-state index < -0.39 is 5.97 Å². The molecule has 1 heterocycles. The number of amides is 1. The third kappa shape index (κ3) is 2.85. The number of carbonyl (C=O) groups is 2. The van der Waals surface area contributed by atoms with E-state index in [0.29, 0.717) is 6.42 Å². The number of carbonyl (C=O) groups excluding carboxylic acids is 1. The molecule has 0 radical (unpaired) electrons. The fourth-order valence-electron chi connectivity index (χ4n) is 3.20. The van der Waals surface area contributed by atoms with E-state index in [9.17, 15) is 9.59 Å². The van der Waals surface area contributed by atoms with Crippen molar-refractivity contribution in [3.63, 3.8) is 0 Å². The quantitative estimate of drug-likeness (QED) is 0.820. The minimum absolute atomic E-state index is 0.0613. The lowest BCUT2D eigenvalue weighted by molar-refractivity contribution is -0.145. The molecule has 1 amide bonds. The van der Waals surface area contributed by atoms with Gasteiger partial charge in [-0.15, -0.1) is 0 Å². The van der Waals surface area contributed by atoms with Crippen LogP contribution in [0.15, 0.2) is 0 Å². The standard InChI is InChI=1S/C14H23NO3/c1-14(2)6-7-15(9-14)12(16)10-4-3-5-11(8-10)13(17)18/h10-11H,3-9H2,1-2H3,(H,17,18). The Morgan fingerprint density at radius 1 is 1.22 bits per heavy atom. The molecule has 2 unspecified atom stereocenters. The molecular formula is C14H23NO3. The topological polar surface area (TPSA) is 57.6 Å². The van der Waals surface area contributed by atoms with Gasteiger partial charge in [-0.2, -0.15) is 0 Å². The molecule has 4 nitrogen and oxygen atoms in total. The lowest BCUT2D eigenvalue weighted by Crippen LogP contribution is -2.38. The van der Waals surface area contributed by atoms with E-state index in [0.717, 1.165) is 38.8 Å². The fraction of sp³-hybridized carbons (Fsp3) is 0.857. The molecular weight excluding hydrogens is 230 g/mol. The van der Waals surface area contributed by atoms with E-state index in [1.807, 2.05) is 4.90 Å². The van der Waals surface area contributed by atoms with E-state index in [2.05, 4.69) is 13.8 Å². The second-order valence-corrected chi connectivity index (χ2v) is 6.57. The van der Waals surface area contributed by atoms with Gasteiger partial charge in [0.15, 0.2) is 0 Å². The van der Waals surface area contributed by atoms with E-state index in [4.69, 9.17) is 5.11 Å². The van der Waals surface area contributed by atoms with E-state index >= 15 is 0 Å². The summed E-state index contributed by atoms with van der Waals surface area (Å²) in [6, 6.07) is 0. The average molecular weight is 253 g/mol. The Morgan fingerprint density at radius 3 is 2.44 bits per heavy atom. The molecule has 1 saturated carbocycles. The number of carboxylic acids is 1. The van der Waals surface area contributed by atoms with Crippen molar-refractivity contribution in [2.45, 2.75) is 46.0 Å². The average Bonchev–Trinajstić information content (AvgIpc) is 2.69. The van der Waals surface area contributed by atoms with Crippen molar-refractivity contribution in [3.8, 4) is 0 Å². The van der Waals surface area contributed by atoms with Crippen LogP contribution >= 0.6 is 0 Å². The predicted molar refractivity (Wildman–Crippen MR) is 68.1 cm³/mol. The number of hydrogen-bond acceptors (Lipinski definition) is 2. The highest BCUT2D eigenvalue weighted by molar-refractivity contribution is 5.80. The van der Waals surface area contributed by atoms with Crippen LogP contribution in [0.5, 0.6) is 0 Å². The van der Waals surface area contributed by atoms with Crippen LogP contribution in [0.4, 0.5) is 0 Å². The summed E-state index contributed by atoms with van der Waals surface area (Å²) >= 11 is 0. The summed E-state index contributed by atoms with van der Waals surface area (Å²) in [7, 11) is 0. The number of nitrogens with zero attached hydrogens (tertiary/aromatic N) is 1. The fourth-order valence-corrected chi connectivity index (χ4v) is 3.20. The van der Waals surface area contributed by atoms with Crippen molar-refractivity contribution in [1.82, 2.24) is 4.90 Å². The molecule has 1 aliphatic heterocycles. The van der Waals surface area contributed by atoms with Crippen LogP contribution in [0.25, 0.3) is 0 Å². The van der Waals surface area contributed by atoms with Crippen LogP contribution in [-0.4, -0.2) is 35.0 Å². The molecule has 2 aliphatic rings. The first kappa shape index (κ1) is 13.4. The van der Waals surface area contributed by atoms with E-state index in [1.165, 1.54) is 0 Å². The Labute approximate surface area is 108 Å². The van der Waals surface area contributed by atoms with Crippen LogP contribution in [0, 0.1) is 17.3 Å². The van der Waals surface area contributed by atoms with Gasteiger partial charge < -0.3 is 10.0 Å². The van der Waals surface area contributed by atoms with Gasteiger partial charge in [0, 0.05) is 19.0 Å². The number of aliphatic carboxylic acids is 1. The number of rotatable bonds is 2. The molecule has 102 valence electrons. The van der Waals surface area contributed by atoms with Crippen molar-refractivity contribution in [2.75, 3.05) is 13.1 Å². The number of hydrogen-bond donors (Lipinski definition) is 1. The Morgan fingerprint density at radius 2 is 1.89 bits per heavy atom. The summed E-state index contributed by atoms with van der Waals surface area (Å²) < 4.78 is 0. The molecule has 18 heavy (non-hydrogen) atoms. The zero-order chi connectivity index (χ0) is 13.3. The third-order valence-electron chi connectivity index (χ3n) is 4.36. The summed E-state index contributed by atoms with van der Waals surface area (Å²) in [5.74, 6) is -0.933. The molecule has 0 aromatic rings. The first-order chi connectivity index (χ1) is 8.39. The lowest BCUT2D eigenvalue weighted by atomic mass is 9.80.